The standard InChI is InChI=1S/C17H20N2O4S/c1-18(2)24(21,22)16-11-9-15(10-12-16)23-13-17(20)19(3)14-7-5-4-6-8-14/h4-12H,13H2,1-3H3. The average Bonchev–Trinajstić information content (AvgIpc) is 2.60. The lowest BCUT2D eigenvalue weighted by molar-refractivity contribution is -0.120. The Morgan fingerprint density at radius 1 is 0.958 bits per heavy atom. The Morgan fingerprint density at radius 2 is 1.54 bits per heavy atom. The average molecular weight is 348 g/mol. The molecule has 0 radical (unpaired) electrons. The van der Waals surface area contributed by atoms with Gasteiger partial charge in [0.25, 0.3) is 5.91 Å². The smallest absolute Gasteiger partial charge is 0.264 e. The van der Waals surface area contributed by atoms with Gasteiger partial charge in [-0.05, 0) is 36.4 Å². The van der Waals surface area contributed by atoms with Gasteiger partial charge in [0.2, 0.25) is 10.0 Å². The molecule has 24 heavy (non-hydrogen) atoms. The molecule has 0 heterocycles. The molecule has 0 aliphatic carbocycles. The van der Waals surface area contributed by atoms with Crippen molar-refractivity contribution in [2.45, 2.75) is 4.90 Å². The lowest BCUT2D eigenvalue weighted by atomic mass is 10.3. The highest BCUT2D eigenvalue weighted by atomic mass is 32.2. The SMILES string of the molecule is CN(C(=O)COc1ccc(S(=O)(=O)N(C)C)cc1)c1ccccc1. The molecular weight excluding hydrogens is 328 g/mol. The van der Waals surface area contributed by atoms with Gasteiger partial charge < -0.3 is 9.64 Å². The van der Waals surface area contributed by atoms with Gasteiger partial charge in [0, 0.05) is 26.8 Å². The van der Waals surface area contributed by atoms with Crippen molar-refractivity contribution in [3.8, 4) is 5.75 Å². The summed E-state index contributed by atoms with van der Waals surface area (Å²) in [6, 6.07) is 15.2. The summed E-state index contributed by atoms with van der Waals surface area (Å²) in [5.41, 5.74) is 0.776. The molecule has 0 aliphatic rings. The minimum atomic E-state index is -3.47. The molecule has 0 atom stereocenters. The highest BCUT2D eigenvalue weighted by molar-refractivity contribution is 7.89. The predicted octanol–water partition coefficient (Wildman–Crippen LogP) is 1.98. The molecule has 0 spiro atoms. The lowest BCUT2D eigenvalue weighted by Crippen LogP contribution is -2.31. The number of sulfonamides is 1. The second-order valence-corrected chi connectivity index (χ2v) is 7.49. The van der Waals surface area contributed by atoms with Crippen LogP contribution in [0.2, 0.25) is 0 Å². The number of hydrogen-bond donors (Lipinski definition) is 0. The van der Waals surface area contributed by atoms with Gasteiger partial charge in [-0.2, -0.15) is 0 Å². The zero-order valence-electron chi connectivity index (χ0n) is 13.8. The van der Waals surface area contributed by atoms with E-state index in [1.807, 2.05) is 30.3 Å². The van der Waals surface area contributed by atoms with Crippen LogP contribution in [0.5, 0.6) is 5.75 Å². The number of likely N-dealkylation sites (N-methyl/N-ethyl adjacent to an activating group) is 1. The molecule has 0 N–H and O–H groups in total. The Bertz CT molecular complexity index is 787. The fraction of sp³-hybridized carbons (Fsp3) is 0.235. The minimum Gasteiger partial charge on any atom is -0.484 e. The summed E-state index contributed by atoms with van der Waals surface area (Å²) in [5.74, 6) is 0.230. The maximum atomic E-state index is 12.1. The Balaban J connectivity index is 1.99. The zero-order valence-corrected chi connectivity index (χ0v) is 14.7. The summed E-state index contributed by atoms with van der Waals surface area (Å²) in [7, 11) is 1.14. The third-order valence-corrected chi connectivity index (χ3v) is 5.31. The summed E-state index contributed by atoms with van der Waals surface area (Å²) in [5, 5.41) is 0. The van der Waals surface area contributed by atoms with Crippen molar-refractivity contribution < 1.29 is 17.9 Å². The van der Waals surface area contributed by atoms with Crippen LogP contribution in [0.15, 0.2) is 59.5 Å². The zero-order chi connectivity index (χ0) is 17.7. The second kappa shape index (κ2) is 7.46. The van der Waals surface area contributed by atoms with E-state index in [1.165, 1.54) is 43.3 Å². The van der Waals surface area contributed by atoms with Crippen molar-refractivity contribution in [2.24, 2.45) is 0 Å². The number of anilines is 1. The van der Waals surface area contributed by atoms with E-state index < -0.39 is 10.0 Å². The topological polar surface area (TPSA) is 66.9 Å². The van der Waals surface area contributed by atoms with Crippen LogP contribution in [0, 0.1) is 0 Å². The van der Waals surface area contributed by atoms with Crippen molar-refractivity contribution in [1.82, 2.24) is 4.31 Å². The predicted molar refractivity (Wildman–Crippen MR) is 92.7 cm³/mol. The van der Waals surface area contributed by atoms with Crippen LogP contribution >= 0.6 is 0 Å². The number of benzene rings is 2. The van der Waals surface area contributed by atoms with E-state index in [-0.39, 0.29) is 17.4 Å². The van der Waals surface area contributed by atoms with E-state index in [9.17, 15) is 13.2 Å². The van der Waals surface area contributed by atoms with Gasteiger partial charge in [0.1, 0.15) is 5.75 Å². The van der Waals surface area contributed by atoms with Crippen LogP contribution in [0.1, 0.15) is 0 Å². The number of carbonyl (C=O) groups is 1. The number of para-hydroxylation sites is 1. The maximum absolute atomic E-state index is 12.1. The van der Waals surface area contributed by atoms with Crippen LogP contribution in [0.25, 0.3) is 0 Å². The van der Waals surface area contributed by atoms with Gasteiger partial charge in [-0.1, -0.05) is 18.2 Å². The maximum Gasteiger partial charge on any atom is 0.264 e. The third kappa shape index (κ3) is 4.12. The first-order valence-corrected chi connectivity index (χ1v) is 8.73. The monoisotopic (exact) mass is 348 g/mol. The molecule has 1 amide bonds. The van der Waals surface area contributed by atoms with Crippen LogP contribution in [-0.4, -0.2) is 46.4 Å². The van der Waals surface area contributed by atoms with E-state index in [4.69, 9.17) is 4.74 Å². The van der Waals surface area contributed by atoms with E-state index in [1.54, 1.807) is 7.05 Å². The molecule has 0 saturated carbocycles. The van der Waals surface area contributed by atoms with Gasteiger partial charge in [0.05, 0.1) is 4.90 Å². The second-order valence-electron chi connectivity index (χ2n) is 5.34. The van der Waals surface area contributed by atoms with Crippen LogP contribution in [0.4, 0.5) is 5.69 Å². The molecule has 0 aromatic heterocycles. The molecule has 128 valence electrons. The first kappa shape index (κ1) is 18.0. The molecule has 0 unspecified atom stereocenters. The van der Waals surface area contributed by atoms with Gasteiger partial charge in [-0.3, -0.25) is 4.79 Å². The first-order chi connectivity index (χ1) is 11.3. The van der Waals surface area contributed by atoms with Crippen molar-refractivity contribution in [2.75, 3.05) is 32.6 Å². The number of nitrogens with zero attached hydrogens (tertiary/aromatic N) is 2. The van der Waals surface area contributed by atoms with Crippen molar-refractivity contribution in [3.05, 3.63) is 54.6 Å². The number of carbonyl (C=O) groups excluding carboxylic acids is 1. The van der Waals surface area contributed by atoms with Gasteiger partial charge >= 0.3 is 0 Å². The van der Waals surface area contributed by atoms with E-state index in [0.717, 1.165) is 9.99 Å². The number of hydrogen-bond acceptors (Lipinski definition) is 4. The van der Waals surface area contributed by atoms with Crippen LogP contribution in [-0.2, 0) is 14.8 Å². The Labute approximate surface area is 142 Å². The van der Waals surface area contributed by atoms with Gasteiger partial charge in [-0.15, -0.1) is 0 Å². The van der Waals surface area contributed by atoms with Crippen LogP contribution in [0.3, 0.4) is 0 Å². The van der Waals surface area contributed by atoms with Gasteiger partial charge in [0.15, 0.2) is 6.61 Å². The van der Waals surface area contributed by atoms with Gasteiger partial charge in [-0.25, -0.2) is 12.7 Å². The summed E-state index contributed by atoms with van der Waals surface area (Å²) >= 11 is 0. The summed E-state index contributed by atoms with van der Waals surface area (Å²) < 4.78 is 30.5. The Morgan fingerprint density at radius 3 is 2.08 bits per heavy atom. The normalized spacial score (nSPS) is 11.3. The number of ether oxygens (including phenoxy) is 1. The molecule has 2 aromatic carbocycles. The lowest BCUT2D eigenvalue weighted by Gasteiger charge is -2.17. The van der Waals surface area contributed by atoms with Crippen LogP contribution < -0.4 is 9.64 Å². The molecule has 2 aromatic rings. The largest absolute Gasteiger partial charge is 0.484 e. The summed E-state index contributed by atoms with van der Waals surface area (Å²) in [4.78, 5) is 13.8. The summed E-state index contributed by atoms with van der Waals surface area (Å²) in [6.45, 7) is -0.134. The molecule has 0 aliphatic heterocycles. The number of amides is 1. The molecule has 0 fully saturated rings. The highest BCUT2D eigenvalue weighted by Crippen LogP contribution is 2.18. The Hall–Kier alpha value is -2.38. The van der Waals surface area contributed by atoms with Crippen molar-refractivity contribution in [3.63, 3.8) is 0 Å². The summed E-state index contributed by atoms with van der Waals surface area (Å²) in [6.07, 6.45) is 0. The van der Waals surface area contributed by atoms with Crippen molar-refractivity contribution in [1.29, 1.82) is 0 Å². The third-order valence-electron chi connectivity index (χ3n) is 3.48. The molecule has 6 nitrogen and oxygen atoms in total. The molecule has 0 saturated heterocycles. The van der Waals surface area contributed by atoms with E-state index in [0.29, 0.717) is 5.75 Å². The quantitative estimate of drug-likeness (QED) is 0.801. The molecule has 7 heteroatoms. The Kier molecular flexibility index (Phi) is 5.58. The molecular formula is C17H20N2O4S. The molecule has 0 bridgehead atoms. The number of rotatable bonds is 6. The van der Waals surface area contributed by atoms with Crippen molar-refractivity contribution >= 4 is 21.6 Å². The molecule has 2 rings (SSSR count). The van der Waals surface area contributed by atoms with E-state index >= 15 is 0 Å². The first-order valence-electron chi connectivity index (χ1n) is 7.29. The highest BCUT2D eigenvalue weighted by Gasteiger charge is 2.17. The fourth-order valence-electron chi connectivity index (χ4n) is 1.96. The fourth-order valence-corrected chi connectivity index (χ4v) is 2.86. The minimum absolute atomic E-state index is 0.134. The van der Waals surface area contributed by atoms with E-state index in [2.05, 4.69) is 0 Å².